The maximum Gasteiger partial charge on any atom is 0.378 e. The number of benzene rings is 1. The fraction of sp³-hybridized carbons (Fsp3) is 0.273. The second-order valence-corrected chi connectivity index (χ2v) is 3.63. The number of hydrogen-bond donors (Lipinski definition) is 0. The first-order chi connectivity index (χ1) is 9.11. The molecule has 0 saturated heterocycles. The number of aromatic nitrogens is 4. The van der Waals surface area contributed by atoms with Gasteiger partial charge in [0.25, 0.3) is 5.82 Å². The van der Waals surface area contributed by atoms with Crippen molar-refractivity contribution in [3.05, 3.63) is 41.2 Å². The van der Waals surface area contributed by atoms with Crippen LogP contribution in [-0.2, 0) is 11.3 Å². The fourth-order valence-corrected chi connectivity index (χ4v) is 1.46. The lowest BCUT2D eigenvalue weighted by Gasteiger charge is -2.04. The third-order valence-corrected chi connectivity index (χ3v) is 2.31. The molecule has 1 aromatic carbocycles. The number of carbonyl (C=O) groups is 1. The van der Waals surface area contributed by atoms with Crippen molar-refractivity contribution in [3.63, 3.8) is 0 Å². The lowest BCUT2D eigenvalue weighted by molar-refractivity contribution is 0.0505. The molecular formula is C11H10F2N4O2. The molecule has 19 heavy (non-hydrogen) atoms. The molecule has 0 saturated carbocycles. The maximum atomic E-state index is 13.1. The van der Waals surface area contributed by atoms with E-state index in [1.54, 1.807) is 6.92 Å². The highest BCUT2D eigenvalue weighted by atomic mass is 19.2. The van der Waals surface area contributed by atoms with E-state index in [9.17, 15) is 13.6 Å². The van der Waals surface area contributed by atoms with Crippen molar-refractivity contribution in [2.45, 2.75) is 13.5 Å². The Labute approximate surface area is 107 Å². The number of ether oxygens (including phenoxy) is 1. The van der Waals surface area contributed by atoms with Crippen LogP contribution in [0.15, 0.2) is 18.2 Å². The SMILES string of the molecule is CCOC(=O)c1nnnn1Cc1ccc(F)c(F)c1. The molecule has 8 heteroatoms. The number of rotatable bonds is 4. The van der Waals surface area contributed by atoms with Gasteiger partial charge in [-0.3, -0.25) is 0 Å². The Bertz CT molecular complexity index is 600. The van der Waals surface area contributed by atoms with E-state index in [-0.39, 0.29) is 19.0 Å². The molecule has 0 amide bonds. The monoisotopic (exact) mass is 268 g/mol. The van der Waals surface area contributed by atoms with E-state index in [2.05, 4.69) is 15.5 Å². The minimum atomic E-state index is -0.969. The van der Waals surface area contributed by atoms with Gasteiger partial charge in [-0.15, -0.1) is 5.10 Å². The van der Waals surface area contributed by atoms with Crippen molar-refractivity contribution in [1.82, 2.24) is 20.2 Å². The topological polar surface area (TPSA) is 69.9 Å². The highest BCUT2D eigenvalue weighted by Gasteiger charge is 2.17. The molecule has 0 spiro atoms. The molecule has 0 atom stereocenters. The zero-order valence-electron chi connectivity index (χ0n) is 10.0. The van der Waals surface area contributed by atoms with Gasteiger partial charge in [0, 0.05) is 0 Å². The van der Waals surface area contributed by atoms with Crippen molar-refractivity contribution in [1.29, 1.82) is 0 Å². The smallest absolute Gasteiger partial charge is 0.378 e. The van der Waals surface area contributed by atoms with Gasteiger partial charge in [0.15, 0.2) is 11.6 Å². The van der Waals surface area contributed by atoms with Crippen molar-refractivity contribution in [2.75, 3.05) is 6.61 Å². The van der Waals surface area contributed by atoms with Crippen LogP contribution in [0.1, 0.15) is 23.1 Å². The summed E-state index contributed by atoms with van der Waals surface area (Å²) < 4.78 is 31.8. The van der Waals surface area contributed by atoms with Gasteiger partial charge < -0.3 is 4.74 Å². The molecule has 100 valence electrons. The van der Waals surface area contributed by atoms with Crippen LogP contribution in [0.4, 0.5) is 8.78 Å². The molecular weight excluding hydrogens is 258 g/mol. The summed E-state index contributed by atoms with van der Waals surface area (Å²) in [6.07, 6.45) is 0. The van der Waals surface area contributed by atoms with E-state index in [0.29, 0.717) is 5.56 Å². The summed E-state index contributed by atoms with van der Waals surface area (Å²) in [5, 5.41) is 10.5. The van der Waals surface area contributed by atoms with Crippen LogP contribution in [0.2, 0.25) is 0 Å². The molecule has 0 aliphatic heterocycles. The van der Waals surface area contributed by atoms with Crippen molar-refractivity contribution >= 4 is 5.97 Å². The molecule has 6 nitrogen and oxygen atoms in total. The molecule has 1 aromatic heterocycles. The summed E-state index contributed by atoms with van der Waals surface area (Å²) in [7, 11) is 0. The molecule has 2 rings (SSSR count). The summed E-state index contributed by atoms with van der Waals surface area (Å²) in [6, 6.07) is 3.40. The molecule has 0 fully saturated rings. The normalized spacial score (nSPS) is 10.5. The van der Waals surface area contributed by atoms with Gasteiger partial charge in [-0.05, 0) is 35.0 Å². The van der Waals surface area contributed by atoms with Gasteiger partial charge in [-0.25, -0.2) is 18.3 Å². The Balaban J connectivity index is 2.21. The standard InChI is InChI=1S/C11H10F2N4O2/c1-2-19-11(18)10-14-15-16-17(10)6-7-3-4-8(12)9(13)5-7/h3-5H,2,6H2,1H3. The first-order valence-electron chi connectivity index (χ1n) is 5.49. The Morgan fingerprint density at radius 1 is 1.37 bits per heavy atom. The zero-order chi connectivity index (χ0) is 13.8. The predicted octanol–water partition coefficient (Wildman–Crippen LogP) is 1.18. The largest absolute Gasteiger partial charge is 0.460 e. The van der Waals surface area contributed by atoms with Crippen LogP contribution in [-0.4, -0.2) is 32.8 Å². The number of nitrogens with zero attached hydrogens (tertiary/aromatic N) is 4. The summed E-state index contributed by atoms with van der Waals surface area (Å²) in [5.41, 5.74) is 0.428. The Morgan fingerprint density at radius 2 is 2.16 bits per heavy atom. The van der Waals surface area contributed by atoms with Gasteiger partial charge in [-0.1, -0.05) is 6.07 Å². The third-order valence-electron chi connectivity index (χ3n) is 2.31. The summed E-state index contributed by atoms with van der Waals surface area (Å²) in [5.74, 6) is -2.67. The predicted molar refractivity (Wildman–Crippen MR) is 59.2 cm³/mol. The number of carbonyl (C=O) groups excluding carboxylic acids is 1. The average molecular weight is 268 g/mol. The van der Waals surface area contributed by atoms with Gasteiger partial charge in [0.05, 0.1) is 13.2 Å². The molecule has 1 heterocycles. The second-order valence-electron chi connectivity index (χ2n) is 3.63. The maximum absolute atomic E-state index is 13.1. The van der Waals surface area contributed by atoms with E-state index in [0.717, 1.165) is 16.8 Å². The second kappa shape index (κ2) is 5.51. The quantitative estimate of drug-likeness (QED) is 0.779. The molecule has 0 N–H and O–H groups in total. The minimum absolute atomic E-state index is 0.0400. The van der Waals surface area contributed by atoms with Crippen LogP contribution in [0.25, 0.3) is 0 Å². The Morgan fingerprint density at radius 3 is 2.84 bits per heavy atom. The molecule has 0 radical (unpaired) electrons. The van der Waals surface area contributed by atoms with Crippen LogP contribution < -0.4 is 0 Å². The molecule has 0 aliphatic rings. The van der Waals surface area contributed by atoms with Crippen molar-refractivity contribution in [2.24, 2.45) is 0 Å². The van der Waals surface area contributed by atoms with E-state index >= 15 is 0 Å². The Hall–Kier alpha value is -2.38. The molecule has 2 aromatic rings. The molecule has 0 aliphatic carbocycles. The van der Waals surface area contributed by atoms with Gasteiger partial charge >= 0.3 is 5.97 Å². The molecule has 0 unspecified atom stereocenters. The zero-order valence-corrected chi connectivity index (χ0v) is 10.0. The van der Waals surface area contributed by atoms with E-state index < -0.39 is 17.6 Å². The van der Waals surface area contributed by atoms with Crippen molar-refractivity contribution in [3.8, 4) is 0 Å². The van der Waals surface area contributed by atoms with E-state index in [4.69, 9.17) is 4.74 Å². The lowest BCUT2D eigenvalue weighted by Crippen LogP contribution is -2.15. The Kier molecular flexibility index (Phi) is 3.79. The number of hydrogen-bond acceptors (Lipinski definition) is 5. The van der Waals surface area contributed by atoms with Crippen LogP contribution in [0.5, 0.6) is 0 Å². The minimum Gasteiger partial charge on any atom is -0.460 e. The fourth-order valence-electron chi connectivity index (χ4n) is 1.46. The highest BCUT2D eigenvalue weighted by Crippen LogP contribution is 2.10. The summed E-state index contributed by atoms with van der Waals surface area (Å²) in [6.45, 7) is 1.89. The first kappa shape index (κ1) is 13.1. The van der Waals surface area contributed by atoms with Crippen molar-refractivity contribution < 1.29 is 18.3 Å². The van der Waals surface area contributed by atoms with Crippen LogP contribution in [0, 0.1) is 11.6 Å². The van der Waals surface area contributed by atoms with E-state index in [1.165, 1.54) is 6.07 Å². The summed E-state index contributed by atoms with van der Waals surface area (Å²) in [4.78, 5) is 11.5. The van der Waals surface area contributed by atoms with Crippen LogP contribution >= 0.6 is 0 Å². The average Bonchev–Trinajstić information content (AvgIpc) is 2.82. The lowest BCUT2D eigenvalue weighted by atomic mass is 10.2. The first-order valence-corrected chi connectivity index (χ1v) is 5.49. The highest BCUT2D eigenvalue weighted by molar-refractivity contribution is 5.85. The third kappa shape index (κ3) is 2.90. The summed E-state index contributed by atoms with van der Waals surface area (Å²) >= 11 is 0. The number of tetrazole rings is 1. The van der Waals surface area contributed by atoms with E-state index in [1.807, 2.05) is 0 Å². The van der Waals surface area contributed by atoms with Crippen LogP contribution in [0.3, 0.4) is 0 Å². The van der Waals surface area contributed by atoms with Gasteiger partial charge in [-0.2, -0.15) is 0 Å². The van der Waals surface area contributed by atoms with Gasteiger partial charge in [0.1, 0.15) is 0 Å². The number of esters is 1. The molecule has 0 bridgehead atoms. The number of halogens is 2. The van der Waals surface area contributed by atoms with Gasteiger partial charge in [0.2, 0.25) is 0 Å².